The molecule has 1 heterocycles. The van der Waals surface area contributed by atoms with Gasteiger partial charge in [0.1, 0.15) is 11.9 Å². The van der Waals surface area contributed by atoms with Crippen LogP contribution in [0.15, 0.2) is 28.3 Å². The molecule has 1 aromatic rings. The molecule has 0 aromatic heterocycles. The van der Waals surface area contributed by atoms with Crippen LogP contribution >= 0.6 is 15.9 Å². The first-order valence-electron chi connectivity index (χ1n) is 12.2. The number of hydrogen-bond donors (Lipinski definition) is 1. The summed E-state index contributed by atoms with van der Waals surface area (Å²) in [5, 5.41) is 2.54. The van der Waals surface area contributed by atoms with Crippen LogP contribution in [0.4, 0.5) is 14.5 Å². The molecule has 3 rings (SSSR count). The molecule has 0 saturated carbocycles. The van der Waals surface area contributed by atoms with Gasteiger partial charge in [0.2, 0.25) is 5.91 Å². The zero-order valence-corrected chi connectivity index (χ0v) is 21.1. The fraction of sp³-hybridized carbons (Fsp3) is 0.615. The fourth-order valence-electron chi connectivity index (χ4n) is 5.03. The second-order valence-electron chi connectivity index (χ2n) is 9.26. The molecule has 0 unspecified atom stereocenters. The molecule has 4 atom stereocenters. The third kappa shape index (κ3) is 6.43. The van der Waals surface area contributed by atoms with E-state index in [2.05, 4.69) is 41.2 Å². The maximum atomic E-state index is 14.5. The molecule has 0 radical (unpaired) electrons. The van der Waals surface area contributed by atoms with E-state index in [-0.39, 0.29) is 28.2 Å². The first-order valence-corrected chi connectivity index (χ1v) is 13.0. The van der Waals surface area contributed by atoms with Gasteiger partial charge in [0.05, 0.1) is 22.0 Å². The molecule has 4 nitrogen and oxygen atoms in total. The maximum absolute atomic E-state index is 14.5. The molecule has 2 aliphatic rings. The number of nitrogens with one attached hydrogen (secondary N) is 1. The van der Waals surface area contributed by atoms with E-state index >= 15 is 0 Å². The summed E-state index contributed by atoms with van der Waals surface area (Å²) >= 11 is 2.98. The minimum atomic E-state index is -0.737. The van der Waals surface area contributed by atoms with Crippen LogP contribution in [-0.4, -0.2) is 18.0 Å². The van der Waals surface area contributed by atoms with Crippen molar-refractivity contribution in [2.45, 2.75) is 84.2 Å². The van der Waals surface area contributed by atoms with Crippen molar-refractivity contribution >= 4 is 33.5 Å². The molecule has 1 N–H and O–H groups in total. The molecule has 33 heavy (non-hydrogen) atoms. The second-order valence-corrected chi connectivity index (χ2v) is 10.1. The number of hydrogen-bond acceptors (Lipinski definition) is 3. The molecule has 1 aromatic carbocycles. The lowest BCUT2D eigenvalue weighted by Gasteiger charge is -2.31. The van der Waals surface area contributed by atoms with E-state index in [9.17, 15) is 18.4 Å². The summed E-state index contributed by atoms with van der Waals surface area (Å²) in [6, 6.07) is 1.97. The van der Waals surface area contributed by atoms with Gasteiger partial charge < -0.3 is 10.1 Å². The minimum absolute atomic E-state index is 0.0629. The van der Waals surface area contributed by atoms with Gasteiger partial charge in [-0.25, -0.2) is 8.78 Å². The SMILES string of the molecule is CCCCCCC1=C[C@H]2[C@H](C(=O)O[C@@H]2CCCCC)[C@H](C(=O)Nc2cc(F)cc(Br)c2F)C1. The third-order valence-corrected chi connectivity index (χ3v) is 7.34. The van der Waals surface area contributed by atoms with Crippen LogP contribution in [0.1, 0.15) is 78.1 Å². The van der Waals surface area contributed by atoms with Crippen LogP contribution < -0.4 is 5.32 Å². The van der Waals surface area contributed by atoms with Gasteiger partial charge in [0, 0.05) is 12.0 Å². The Bertz CT molecular complexity index is 889. The molecule has 7 heteroatoms. The average Bonchev–Trinajstić information content (AvgIpc) is 3.09. The van der Waals surface area contributed by atoms with E-state index in [4.69, 9.17) is 4.74 Å². The highest BCUT2D eigenvalue weighted by atomic mass is 79.9. The number of allylic oxidation sites excluding steroid dienone is 1. The van der Waals surface area contributed by atoms with Gasteiger partial charge >= 0.3 is 5.97 Å². The maximum Gasteiger partial charge on any atom is 0.310 e. The summed E-state index contributed by atoms with van der Waals surface area (Å²) in [6.07, 6.45) is 11.6. The lowest BCUT2D eigenvalue weighted by atomic mass is 9.70. The molecule has 182 valence electrons. The molecule has 0 spiro atoms. The lowest BCUT2D eigenvalue weighted by molar-refractivity contribution is -0.147. The van der Waals surface area contributed by atoms with Crippen molar-refractivity contribution in [1.82, 2.24) is 0 Å². The van der Waals surface area contributed by atoms with Crippen molar-refractivity contribution < 1.29 is 23.1 Å². The van der Waals surface area contributed by atoms with Gasteiger partial charge in [-0.1, -0.05) is 57.6 Å². The average molecular weight is 526 g/mol. The normalized spacial score (nSPS) is 24.3. The quantitative estimate of drug-likeness (QED) is 0.142. The molecule has 1 amide bonds. The van der Waals surface area contributed by atoms with Crippen molar-refractivity contribution in [2.75, 3.05) is 5.32 Å². The molecular weight excluding hydrogens is 492 g/mol. The fourth-order valence-corrected chi connectivity index (χ4v) is 5.46. The van der Waals surface area contributed by atoms with E-state index in [1.165, 1.54) is 0 Å². The summed E-state index contributed by atoms with van der Waals surface area (Å²) in [7, 11) is 0. The minimum Gasteiger partial charge on any atom is -0.461 e. The Labute approximate surface area is 203 Å². The summed E-state index contributed by atoms with van der Waals surface area (Å²) < 4.78 is 34.0. The topological polar surface area (TPSA) is 55.4 Å². The number of anilines is 1. The van der Waals surface area contributed by atoms with Gasteiger partial charge in [0.25, 0.3) is 0 Å². The predicted molar refractivity (Wildman–Crippen MR) is 129 cm³/mol. The highest BCUT2D eigenvalue weighted by Gasteiger charge is 2.51. The third-order valence-electron chi connectivity index (χ3n) is 6.76. The number of ether oxygens (including phenoxy) is 1. The van der Waals surface area contributed by atoms with Crippen LogP contribution in [-0.2, 0) is 14.3 Å². The van der Waals surface area contributed by atoms with Gasteiger partial charge in [-0.2, -0.15) is 0 Å². The van der Waals surface area contributed by atoms with Gasteiger partial charge in [0.15, 0.2) is 5.82 Å². The largest absolute Gasteiger partial charge is 0.461 e. The number of benzene rings is 1. The van der Waals surface area contributed by atoms with Crippen molar-refractivity contribution in [3.05, 3.63) is 39.9 Å². The standard InChI is InChI=1S/C26H34BrF2NO3/c1-3-5-7-9-10-16-12-18-22(11-8-6-4-2)33-26(32)23(18)19(13-16)25(31)30-21-15-17(28)14-20(27)24(21)29/h12,14-15,18-19,22-23H,3-11,13H2,1-2H3,(H,30,31)/t18-,19-,22-,23+/m1/s1. The second kappa shape index (κ2) is 12.1. The Hall–Kier alpha value is -1.76. The molecule has 0 bridgehead atoms. The van der Waals surface area contributed by atoms with Gasteiger partial charge in [-0.3, -0.25) is 9.59 Å². The highest BCUT2D eigenvalue weighted by Crippen LogP contribution is 2.45. The van der Waals surface area contributed by atoms with E-state index in [0.29, 0.717) is 6.42 Å². The van der Waals surface area contributed by atoms with Crippen LogP contribution in [0.3, 0.4) is 0 Å². The molecular formula is C26H34BrF2NO3. The van der Waals surface area contributed by atoms with Crippen molar-refractivity contribution in [3.8, 4) is 0 Å². The van der Waals surface area contributed by atoms with Crippen LogP contribution in [0, 0.1) is 29.4 Å². The molecule has 1 fully saturated rings. The zero-order valence-electron chi connectivity index (χ0n) is 19.5. The number of cyclic esters (lactones) is 1. The van der Waals surface area contributed by atoms with E-state index in [1.807, 2.05) is 0 Å². The lowest BCUT2D eigenvalue weighted by Crippen LogP contribution is -2.38. The number of carbonyl (C=O) groups excluding carboxylic acids is 2. The Kier molecular flexibility index (Phi) is 9.47. The monoisotopic (exact) mass is 525 g/mol. The van der Waals surface area contributed by atoms with E-state index < -0.39 is 29.4 Å². The number of rotatable bonds is 11. The smallest absolute Gasteiger partial charge is 0.310 e. The molecule has 1 saturated heterocycles. The Balaban J connectivity index is 1.81. The summed E-state index contributed by atoms with van der Waals surface area (Å²) in [6.45, 7) is 4.29. The van der Waals surface area contributed by atoms with Crippen LogP contribution in [0.2, 0.25) is 0 Å². The molecule has 1 aliphatic carbocycles. The first kappa shape index (κ1) is 25.9. The summed E-state index contributed by atoms with van der Waals surface area (Å²) in [5.74, 6) is -3.62. The number of fused-ring (bicyclic) bond motifs is 1. The van der Waals surface area contributed by atoms with E-state index in [0.717, 1.165) is 75.5 Å². The van der Waals surface area contributed by atoms with Crippen LogP contribution in [0.25, 0.3) is 0 Å². The number of esters is 1. The van der Waals surface area contributed by atoms with Crippen molar-refractivity contribution in [3.63, 3.8) is 0 Å². The highest BCUT2D eigenvalue weighted by molar-refractivity contribution is 9.10. The van der Waals surface area contributed by atoms with Crippen molar-refractivity contribution in [1.29, 1.82) is 0 Å². The zero-order chi connectivity index (χ0) is 24.0. The number of unbranched alkanes of at least 4 members (excludes halogenated alkanes) is 5. The Morgan fingerprint density at radius 3 is 2.58 bits per heavy atom. The Morgan fingerprint density at radius 2 is 1.85 bits per heavy atom. The number of amides is 1. The van der Waals surface area contributed by atoms with Gasteiger partial charge in [-0.05, 0) is 54.1 Å². The number of halogens is 3. The van der Waals surface area contributed by atoms with E-state index in [1.54, 1.807) is 0 Å². The summed E-state index contributed by atoms with van der Waals surface area (Å²) in [5.41, 5.74) is 0.931. The number of carbonyl (C=O) groups is 2. The summed E-state index contributed by atoms with van der Waals surface area (Å²) in [4.78, 5) is 26.1. The molecule has 1 aliphatic heterocycles. The van der Waals surface area contributed by atoms with Crippen molar-refractivity contribution in [2.24, 2.45) is 17.8 Å². The Morgan fingerprint density at radius 1 is 1.12 bits per heavy atom. The van der Waals surface area contributed by atoms with Gasteiger partial charge in [-0.15, -0.1) is 0 Å². The predicted octanol–water partition coefficient (Wildman–Crippen LogP) is 7.32. The first-order chi connectivity index (χ1) is 15.8. The van der Waals surface area contributed by atoms with Crippen LogP contribution in [0.5, 0.6) is 0 Å².